The highest BCUT2D eigenvalue weighted by Gasteiger charge is 2.39. The first kappa shape index (κ1) is 17.6. The van der Waals surface area contributed by atoms with Gasteiger partial charge in [0, 0.05) is 0 Å². The molecule has 0 aliphatic carbocycles. The van der Waals surface area contributed by atoms with E-state index in [9.17, 15) is 36.2 Å². The maximum absolute atomic E-state index is 13.2. The minimum atomic E-state index is -5.07. The second-order valence-electron chi connectivity index (χ2n) is 4.79. The SMILES string of the molecule is O=C(O)c1ccc(-c2ccc(O)cc2C(F)(F)F)c(C(F)(F)F)c1. The van der Waals surface area contributed by atoms with Gasteiger partial charge in [-0.2, -0.15) is 26.3 Å². The van der Waals surface area contributed by atoms with E-state index in [4.69, 9.17) is 5.11 Å². The number of benzene rings is 2. The van der Waals surface area contributed by atoms with E-state index in [1.54, 1.807) is 0 Å². The molecule has 2 N–H and O–H groups in total. The zero-order valence-electron chi connectivity index (χ0n) is 11.5. The molecule has 0 aliphatic rings. The summed E-state index contributed by atoms with van der Waals surface area (Å²) in [5, 5.41) is 18.0. The third-order valence-corrected chi connectivity index (χ3v) is 3.17. The number of hydrogen-bond acceptors (Lipinski definition) is 2. The van der Waals surface area contributed by atoms with Crippen molar-refractivity contribution in [2.45, 2.75) is 12.4 Å². The molecule has 128 valence electrons. The second-order valence-corrected chi connectivity index (χ2v) is 4.79. The Balaban J connectivity index is 2.81. The van der Waals surface area contributed by atoms with Crippen LogP contribution in [0.4, 0.5) is 26.3 Å². The fourth-order valence-electron chi connectivity index (χ4n) is 2.15. The summed E-state index contributed by atoms with van der Waals surface area (Å²) in [6, 6.07) is 3.53. The minimum Gasteiger partial charge on any atom is -0.508 e. The predicted molar refractivity (Wildman–Crippen MR) is 70.5 cm³/mol. The quantitative estimate of drug-likeness (QED) is 0.766. The highest BCUT2D eigenvalue weighted by atomic mass is 19.4. The molecule has 0 aliphatic heterocycles. The third kappa shape index (κ3) is 3.44. The van der Waals surface area contributed by atoms with Crippen molar-refractivity contribution >= 4 is 5.97 Å². The molecule has 0 radical (unpaired) electrons. The Labute approximate surface area is 130 Å². The van der Waals surface area contributed by atoms with Gasteiger partial charge in [0.25, 0.3) is 0 Å². The standard InChI is InChI=1S/C15H8F6O3/c16-14(17,18)11-5-7(13(23)24)1-3-9(11)10-4-2-8(22)6-12(10)15(19,20)21/h1-6,22H,(H,23,24). The fraction of sp³-hybridized carbons (Fsp3) is 0.133. The van der Waals surface area contributed by atoms with Gasteiger partial charge in [-0.05, 0) is 35.4 Å². The molecule has 0 fully saturated rings. The summed E-state index contributed by atoms with van der Waals surface area (Å²) in [5.74, 6) is -2.41. The van der Waals surface area contributed by atoms with Crippen molar-refractivity contribution in [3.05, 3.63) is 53.1 Å². The number of halogens is 6. The van der Waals surface area contributed by atoms with Crippen LogP contribution in [0.1, 0.15) is 21.5 Å². The van der Waals surface area contributed by atoms with Crippen LogP contribution < -0.4 is 0 Å². The Morgan fingerprint density at radius 1 is 0.792 bits per heavy atom. The van der Waals surface area contributed by atoms with Gasteiger partial charge in [0.2, 0.25) is 0 Å². The van der Waals surface area contributed by atoms with Gasteiger partial charge >= 0.3 is 18.3 Å². The third-order valence-electron chi connectivity index (χ3n) is 3.17. The van der Waals surface area contributed by atoms with Gasteiger partial charge in [0.15, 0.2) is 0 Å². The summed E-state index contributed by atoms with van der Waals surface area (Å²) in [4.78, 5) is 10.8. The lowest BCUT2D eigenvalue weighted by molar-refractivity contribution is -0.139. The molecule has 2 aromatic carbocycles. The molecule has 0 bridgehead atoms. The maximum Gasteiger partial charge on any atom is 0.417 e. The Bertz CT molecular complexity index is 793. The van der Waals surface area contributed by atoms with E-state index in [1.807, 2.05) is 0 Å². The summed E-state index contributed by atoms with van der Waals surface area (Å²) in [7, 11) is 0. The number of aromatic hydroxyl groups is 1. The number of carbonyl (C=O) groups is 1. The monoisotopic (exact) mass is 350 g/mol. The van der Waals surface area contributed by atoms with E-state index in [0.29, 0.717) is 18.2 Å². The molecular formula is C15H8F6O3. The van der Waals surface area contributed by atoms with Crippen LogP contribution in [0.25, 0.3) is 11.1 Å². The molecule has 0 saturated heterocycles. The van der Waals surface area contributed by atoms with Gasteiger partial charge in [-0.15, -0.1) is 0 Å². The Morgan fingerprint density at radius 2 is 1.25 bits per heavy atom. The zero-order chi connectivity index (χ0) is 18.3. The van der Waals surface area contributed by atoms with Crippen LogP contribution in [-0.2, 0) is 12.4 Å². The summed E-state index contributed by atoms with van der Waals surface area (Å²) < 4.78 is 78.7. The molecule has 0 aromatic heterocycles. The van der Waals surface area contributed by atoms with Crippen molar-refractivity contribution < 1.29 is 41.4 Å². The van der Waals surface area contributed by atoms with E-state index >= 15 is 0 Å². The van der Waals surface area contributed by atoms with Gasteiger partial charge in [-0.1, -0.05) is 12.1 Å². The lowest BCUT2D eigenvalue weighted by atomic mass is 9.93. The zero-order valence-corrected chi connectivity index (χ0v) is 11.5. The predicted octanol–water partition coefficient (Wildman–Crippen LogP) is 4.80. The molecule has 2 aromatic rings. The van der Waals surface area contributed by atoms with E-state index < -0.39 is 51.9 Å². The van der Waals surface area contributed by atoms with E-state index in [-0.39, 0.29) is 6.07 Å². The van der Waals surface area contributed by atoms with Gasteiger partial charge in [0.05, 0.1) is 16.7 Å². The summed E-state index contributed by atoms with van der Waals surface area (Å²) in [6.07, 6.45) is -10.1. The normalized spacial score (nSPS) is 12.2. The van der Waals surface area contributed by atoms with Gasteiger partial charge in [-0.3, -0.25) is 0 Å². The van der Waals surface area contributed by atoms with Crippen molar-refractivity contribution in [2.24, 2.45) is 0 Å². The van der Waals surface area contributed by atoms with Crippen LogP contribution in [0, 0.1) is 0 Å². The van der Waals surface area contributed by atoms with Gasteiger partial charge in [0.1, 0.15) is 5.75 Å². The lowest BCUT2D eigenvalue weighted by Gasteiger charge is -2.18. The van der Waals surface area contributed by atoms with Crippen molar-refractivity contribution in [1.82, 2.24) is 0 Å². The van der Waals surface area contributed by atoms with Crippen LogP contribution in [0.2, 0.25) is 0 Å². The molecular weight excluding hydrogens is 342 g/mol. The van der Waals surface area contributed by atoms with Crippen LogP contribution in [0.5, 0.6) is 5.75 Å². The molecule has 24 heavy (non-hydrogen) atoms. The van der Waals surface area contributed by atoms with E-state index in [2.05, 4.69) is 0 Å². The lowest BCUT2D eigenvalue weighted by Crippen LogP contribution is -2.12. The van der Waals surface area contributed by atoms with Gasteiger partial charge < -0.3 is 10.2 Å². The molecule has 0 heterocycles. The van der Waals surface area contributed by atoms with Crippen molar-refractivity contribution in [1.29, 1.82) is 0 Å². The first-order valence-electron chi connectivity index (χ1n) is 6.26. The van der Waals surface area contributed by atoms with Gasteiger partial charge in [-0.25, -0.2) is 4.79 Å². The Morgan fingerprint density at radius 3 is 1.71 bits per heavy atom. The number of phenolic OH excluding ortho intramolecular Hbond substituents is 1. The van der Waals surface area contributed by atoms with Crippen molar-refractivity contribution in [2.75, 3.05) is 0 Å². The minimum absolute atomic E-state index is 0.269. The second kappa shape index (κ2) is 5.73. The van der Waals surface area contributed by atoms with Crippen LogP contribution >= 0.6 is 0 Å². The number of alkyl halides is 6. The molecule has 3 nitrogen and oxygen atoms in total. The first-order chi connectivity index (χ1) is 10.9. The van der Waals surface area contributed by atoms with Crippen LogP contribution in [0.15, 0.2) is 36.4 Å². The molecule has 0 amide bonds. The fourth-order valence-corrected chi connectivity index (χ4v) is 2.15. The highest BCUT2D eigenvalue weighted by Crippen LogP contribution is 2.43. The van der Waals surface area contributed by atoms with Crippen LogP contribution in [0.3, 0.4) is 0 Å². The number of rotatable bonds is 2. The number of phenols is 1. The molecule has 0 saturated carbocycles. The Hall–Kier alpha value is -2.71. The van der Waals surface area contributed by atoms with E-state index in [1.165, 1.54) is 0 Å². The highest BCUT2D eigenvalue weighted by molar-refractivity contribution is 5.89. The topological polar surface area (TPSA) is 57.5 Å². The number of hydrogen-bond donors (Lipinski definition) is 2. The number of carboxylic acids is 1. The maximum atomic E-state index is 13.2. The first-order valence-corrected chi connectivity index (χ1v) is 6.26. The molecule has 0 unspecified atom stereocenters. The molecule has 2 rings (SSSR count). The average molecular weight is 350 g/mol. The Kier molecular flexibility index (Phi) is 4.21. The van der Waals surface area contributed by atoms with Crippen molar-refractivity contribution in [3.8, 4) is 16.9 Å². The number of carboxylic acid groups (broad SMARTS) is 1. The smallest absolute Gasteiger partial charge is 0.417 e. The summed E-state index contributed by atoms with van der Waals surface area (Å²) in [5.41, 5.74) is -5.34. The van der Waals surface area contributed by atoms with E-state index in [0.717, 1.165) is 12.1 Å². The van der Waals surface area contributed by atoms with Crippen LogP contribution in [-0.4, -0.2) is 16.2 Å². The number of aromatic carboxylic acids is 1. The summed E-state index contributed by atoms with van der Waals surface area (Å²) in [6.45, 7) is 0. The molecule has 0 atom stereocenters. The largest absolute Gasteiger partial charge is 0.508 e. The molecule has 0 spiro atoms. The van der Waals surface area contributed by atoms with Crippen molar-refractivity contribution in [3.63, 3.8) is 0 Å². The summed E-state index contributed by atoms with van der Waals surface area (Å²) >= 11 is 0. The molecule has 9 heteroatoms. The average Bonchev–Trinajstić information content (AvgIpc) is 2.44.